The first-order valence-corrected chi connectivity index (χ1v) is 10.9. The molecule has 1 aromatic heterocycles. The van der Waals surface area contributed by atoms with Crippen LogP contribution in [0.25, 0.3) is 11.0 Å². The fraction of sp³-hybridized carbons (Fsp3) is 0.375. The number of imidazole rings is 1. The molecule has 0 aliphatic rings. The summed E-state index contributed by atoms with van der Waals surface area (Å²) in [5, 5.41) is 9.43. The molecule has 3 N–H and O–H groups in total. The molecule has 3 aromatic rings. The number of guanidine groups is 1. The van der Waals surface area contributed by atoms with E-state index in [1.807, 2.05) is 50.2 Å². The van der Waals surface area contributed by atoms with E-state index in [4.69, 9.17) is 0 Å². The van der Waals surface area contributed by atoms with Crippen LogP contribution in [0, 0.1) is 6.92 Å². The predicted molar refractivity (Wildman–Crippen MR) is 142 cm³/mol. The van der Waals surface area contributed by atoms with Crippen LogP contribution in [-0.2, 0) is 17.8 Å². The molecule has 0 spiro atoms. The minimum absolute atomic E-state index is 0. The molecule has 0 bridgehead atoms. The van der Waals surface area contributed by atoms with Gasteiger partial charge in [0.15, 0.2) is 5.96 Å². The summed E-state index contributed by atoms with van der Waals surface area (Å²) in [5.41, 5.74) is 3.40. The average Bonchev–Trinajstić information content (AvgIpc) is 3.10. The average molecular weight is 548 g/mol. The van der Waals surface area contributed by atoms with E-state index in [2.05, 4.69) is 48.7 Å². The van der Waals surface area contributed by atoms with Crippen molar-refractivity contribution in [3.63, 3.8) is 0 Å². The third-order valence-corrected chi connectivity index (χ3v) is 5.00. The number of rotatable bonds is 10. The van der Waals surface area contributed by atoms with Gasteiger partial charge in [0.2, 0.25) is 5.91 Å². The molecule has 0 fully saturated rings. The number of aromatic nitrogens is 2. The second kappa shape index (κ2) is 13.7. The Labute approximate surface area is 207 Å². The highest BCUT2D eigenvalue weighted by Gasteiger charge is 2.06. The summed E-state index contributed by atoms with van der Waals surface area (Å²) in [5.74, 6) is 1.61. The Morgan fingerprint density at radius 1 is 1.00 bits per heavy atom. The smallest absolute Gasteiger partial charge is 0.241 e. The molecule has 1 heterocycles. The third-order valence-electron chi connectivity index (χ3n) is 5.00. The Bertz CT molecular complexity index is 1000. The number of nitrogens with one attached hydrogen (secondary N) is 3. The zero-order valence-corrected chi connectivity index (χ0v) is 21.1. The molecule has 0 unspecified atom stereocenters. The Morgan fingerprint density at radius 3 is 2.53 bits per heavy atom. The molecule has 1 amide bonds. The number of carbonyl (C=O) groups excluding carboxylic acids is 1. The zero-order chi connectivity index (χ0) is 21.9. The standard InChI is InChI=1S/C24H32N6O.HI/c1-3-25-24(28-18-23(31)26-16-14-20-10-5-4-6-11-20)27-15-9-17-30-19(2)29-21-12-7-8-13-22(21)30;/h4-8,10-13H,3,9,14-18H2,1-2H3,(H,26,31)(H2,25,27,28);1H. The van der Waals surface area contributed by atoms with Gasteiger partial charge in [-0.3, -0.25) is 4.79 Å². The minimum Gasteiger partial charge on any atom is -0.357 e. The molecular weight excluding hydrogens is 515 g/mol. The number of aliphatic imine (C=N–C) groups is 1. The maximum absolute atomic E-state index is 12.1. The van der Waals surface area contributed by atoms with Crippen molar-refractivity contribution in [3.05, 3.63) is 66.0 Å². The zero-order valence-electron chi connectivity index (χ0n) is 18.8. The molecule has 0 aliphatic heterocycles. The van der Waals surface area contributed by atoms with Crippen LogP contribution in [0.2, 0.25) is 0 Å². The van der Waals surface area contributed by atoms with Crippen LogP contribution in [0.5, 0.6) is 0 Å². The van der Waals surface area contributed by atoms with E-state index in [0.29, 0.717) is 12.5 Å². The lowest BCUT2D eigenvalue weighted by Gasteiger charge is -2.12. The lowest BCUT2D eigenvalue weighted by atomic mass is 10.1. The lowest BCUT2D eigenvalue weighted by Crippen LogP contribution is -2.39. The highest BCUT2D eigenvalue weighted by molar-refractivity contribution is 14.0. The maximum Gasteiger partial charge on any atom is 0.241 e. The molecule has 32 heavy (non-hydrogen) atoms. The lowest BCUT2D eigenvalue weighted by molar-refractivity contribution is -0.119. The van der Waals surface area contributed by atoms with Crippen molar-refractivity contribution < 1.29 is 4.79 Å². The topological polar surface area (TPSA) is 83.3 Å². The summed E-state index contributed by atoms with van der Waals surface area (Å²) >= 11 is 0. The Balaban J connectivity index is 0.00000363. The highest BCUT2D eigenvalue weighted by Crippen LogP contribution is 2.15. The number of amides is 1. The fourth-order valence-corrected chi connectivity index (χ4v) is 3.46. The van der Waals surface area contributed by atoms with Crippen molar-refractivity contribution in [2.45, 2.75) is 33.2 Å². The van der Waals surface area contributed by atoms with Gasteiger partial charge in [0.1, 0.15) is 12.4 Å². The van der Waals surface area contributed by atoms with E-state index in [1.165, 1.54) is 5.56 Å². The van der Waals surface area contributed by atoms with Crippen LogP contribution in [0.1, 0.15) is 24.7 Å². The molecule has 0 saturated carbocycles. The van der Waals surface area contributed by atoms with Crippen molar-refractivity contribution in [2.75, 3.05) is 26.2 Å². The molecule has 0 saturated heterocycles. The quantitative estimate of drug-likeness (QED) is 0.157. The Morgan fingerprint density at radius 2 is 1.75 bits per heavy atom. The number of halogens is 1. The number of carbonyl (C=O) groups is 1. The maximum atomic E-state index is 12.1. The second-order valence-electron chi connectivity index (χ2n) is 7.36. The number of hydrogen-bond acceptors (Lipinski definition) is 3. The first-order valence-electron chi connectivity index (χ1n) is 10.9. The van der Waals surface area contributed by atoms with Gasteiger partial charge in [-0.15, -0.1) is 24.0 Å². The van der Waals surface area contributed by atoms with Crippen LogP contribution in [0.4, 0.5) is 0 Å². The van der Waals surface area contributed by atoms with E-state index >= 15 is 0 Å². The van der Waals surface area contributed by atoms with Crippen molar-refractivity contribution in [1.82, 2.24) is 25.5 Å². The van der Waals surface area contributed by atoms with E-state index in [0.717, 1.165) is 49.3 Å². The summed E-state index contributed by atoms with van der Waals surface area (Å²) in [6.07, 6.45) is 1.74. The normalized spacial score (nSPS) is 11.1. The number of fused-ring (bicyclic) bond motifs is 1. The van der Waals surface area contributed by atoms with Gasteiger partial charge in [-0.05, 0) is 44.4 Å². The monoisotopic (exact) mass is 548 g/mol. The summed E-state index contributed by atoms with van der Waals surface area (Å²) in [6.45, 7) is 7.14. The van der Waals surface area contributed by atoms with Crippen LogP contribution in [-0.4, -0.2) is 47.6 Å². The van der Waals surface area contributed by atoms with Crippen molar-refractivity contribution in [1.29, 1.82) is 0 Å². The number of benzene rings is 2. The first kappa shape index (κ1) is 25.6. The highest BCUT2D eigenvalue weighted by atomic mass is 127. The predicted octanol–water partition coefficient (Wildman–Crippen LogP) is 3.27. The molecule has 0 radical (unpaired) electrons. The van der Waals surface area contributed by atoms with Gasteiger partial charge in [-0.2, -0.15) is 0 Å². The van der Waals surface area contributed by atoms with Crippen LogP contribution >= 0.6 is 24.0 Å². The number of para-hydroxylation sites is 2. The molecule has 172 valence electrons. The molecular formula is C24H33IN6O. The van der Waals surface area contributed by atoms with Gasteiger partial charge in [0.25, 0.3) is 0 Å². The van der Waals surface area contributed by atoms with Gasteiger partial charge in [-0.25, -0.2) is 9.98 Å². The van der Waals surface area contributed by atoms with E-state index in [1.54, 1.807) is 0 Å². The van der Waals surface area contributed by atoms with E-state index in [-0.39, 0.29) is 36.4 Å². The largest absolute Gasteiger partial charge is 0.357 e. The summed E-state index contributed by atoms with van der Waals surface area (Å²) in [4.78, 5) is 21.1. The number of hydrogen-bond donors (Lipinski definition) is 3. The van der Waals surface area contributed by atoms with Crippen molar-refractivity contribution in [3.8, 4) is 0 Å². The molecule has 0 aliphatic carbocycles. The second-order valence-corrected chi connectivity index (χ2v) is 7.36. The molecule has 8 heteroatoms. The van der Waals surface area contributed by atoms with Gasteiger partial charge in [0, 0.05) is 26.2 Å². The minimum atomic E-state index is -0.0753. The van der Waals surface area contributed by atoms with Gasteiger partial charge in [0.05, 0.1) is 11.0 Å². The van der Waals surface area contributed by atoms with E-state index < -0.39 is 0 Å². The van der Waals surface area contributed by atoms with Crippen molar-refractivity contribution in [2.24, 2.45) is 4.99 Å². The fourth-order valence-electron chi connectivity index (χ4n) is 3.46. The number of aryl methyl sites for hydroxylation is 2. The summed E-state index contributed by atoms with van der Waals surface area (Å²) in [6, 6.07) is 18.3. The van der Waals surface area contributed by atoms with Gasteiger partial charge in [-0.1, -0.05) is 42.5 Å². The Hall–Kier alpha value is -2.62. The SMILES string of the molecule is CCNC(=NCC(=O)NCCc1ccccc1)NCCCn1c(C)nc2ccccc21.I. The molecule has 0 atom stereocenters. The Kier molecular flexibility index (Phi) is 11.0. The van der Waals surface area contributed by atoms with Gasteiger partial charge < -0.3 is 20.5 Å². The van der Waals surface area contributed by atoms with E-state index in [9.17, 15) is 4.79 Å². The molecule has 2 aromatic carbocycles. The van der Waals surface area contributed by atoms with Crippen LogP contribution in [0.3, 0.4) is 0 Å². The van der Waals surface area contributed by atoms with Gasteiger partial charge >= 0.3 is 0 Å². The third kappa shape index (κ3) is 7.81. The van der Waals surface area contributed by atoms with Crippen LogP contribution in [0.15, 0.2) is 59.6 Å². The molecule has 3 rings (SSSR count). The van der Waals surface area contributed by atoms with Crippen LogP contribution < -0.4 is 16.0 Å². The van der Waals surface area contributed by atoms with Crippen molar-refractivity contribution >= 4 is 46.9 Å². The summed E-state index contributed by atoms with van der Waals surface area (Å²) < 4.78 is 2.24. The first-order chi connectivity index (χ1) is 15.2. The summed E-state index contributed by atoms with van der Waals surface area (Å²) in [7, 11) is 0. The molecule has 7 nitrogen and oxygen atoms in total. The number of nitrogens with zero attached hydrogens (tertiary/aromatic N) is 3.